The van der Waals surface area contributed by atoms with Gasteiger partial charge < -0.3 is 0 Å². The van der Waals surface area contributed by atoms with Crippen LogP contribution in [-0.4, -0.2) is 0 Å². The van der Waals surface area contributed by atoms with Crippen molar-refractivity contribution < 1.29 is 0 Å². The zero-order valence-corrected chi connectivity index (χ0v) is 23.5. The molecule has 0 bridgehead atoms. The molecule has 200 valence electrons. The molecule has 7 aromatic rings. The topological polar surface area (TPSA) is 71.4 Å². The van der Waals surface area contributed by atoms with Gasteiger partial charge in [0.1, 0.15) is 0 Å². The van der Waals surface area contributed by atoms with Gasteiger partial charge in [0.2, 0.25) is 0 Å². The van der Waals surface area contributed by atoms with Crippen LogP contribution in [0.1, 0.15) is 16.7 Å². The lowest BCUT2D eigenvalue weighted by atomic mass is 9.81. The molecule has 8 rings (SSSR count). The van der Waals surface area contributed by atoms with E-state index in [9.17, 15) is 15.8 Å². The Balaban J connectivity index is 1.59. The molecule has 7 aromatic carbocycles. The summed E-state index contributed by atoms with van der Waals surface area (Å²) in [5, 5.41) is 33.3. The minimum atomic E-state index is 0.609. The molecule has 0 aromatic heterocycles. The summed E-state index contributed by atoms with van der Waals surface area (Å²) >= 11 is 0. The second-order valence-corrected chi connectivity index (χ2v) is 11.0. The SMILES string of the molecule is N#Cc1ccc(-c2c3c(c(-c4ccc(C#N)cc4)c4cc(-c5ccccc5)ccc24)-c2cccc4c(C#N)ccc-3c24)cc1. The zero-order chi connectivity index (χ0) is 29.8. The van der Waals surface area contributed by atoms with Crippen LogP contribution in [0.2, 0.25) is 0 Å². The Morgan fingerprint density at radius 2 is 0.955 bits per heavy atom. The molecule has 44 heavy (non-hydrogen) atoms. The van der Waals surface area contributed by atoms with Gasteiger partial charge in [-0.2, -0.15) is 15.8 Å². The highest BCUT2D eigenvalue weighted by atomic mass is 14.3. The van der Waals surface area contributed by atoms with Gasteiger partial charge in [-0.3, -0.25) is 0 Å². The third-order valence-corrected chi connectivity index (χ3v) is 8.72. The normalized spacial score (nSPS) is 11.1. The highest BCUT2D eigenvalue weighted by molar-refractivity contribution is 6.28. The third-order valence-electron chi connectivity index (χ3n) is 8.72. The number of hydrogen-bond donors (Lipinski definition) is 0. The lowest BCUT2D eigenvalue weighted by molar-refractivity contribution is 1.48. The smallest absolute Gasteiger partial charge is 0.0998 e. The molecule has 0 spiro atoms. The highest BCUT2D eigenvalue weighted by Crippen LogP contribution is 2.58. The van der Waals surface area contributed by atoms with Crippen LogP contribution in [0, 0.1) is 34.0 Å². The zero-order valence-electron chi connectivity index (χ0n) is 23.5. The first-order valence-corrected chi connectivity index (χ1v) is 14.4. The van der Waals surface area contributed by atoms with Crippen molar-refractivity contribution in [2.45, 2.75) is 0 Å². The highest BCUT2D eigenvalue weighted by Gasteiger charge is 2.31. The van der Waals surface area contributed by atoms with Crippen LogP contribution in [0.4, 0.5) is 0 Å². The van der Waals surface area contributed by atoms with E-state index >= 15 is 0 Å². The largest absolute Gasteiger partial charge is 0.192 e. The van der Waals surface area contributed by atoms with E-state index in [0.29, 0.717) is 16.7 Å². The predicted octanol–water partition coefficient (Wildman–Crippen LogP) is 10.3. The van der Waals surface area contributed by atoms with E-state index in [2.05, 4.69) is 72.8 Å². The van der Waals surface area contributed by atoms with E-state index in [1.165, 1.54) is 0 Å². The number of hydrogen-bond acceptors (Lipinski definition) is 3. The van der Waals surface area contributed by atoms with Gasteiger partial charge in [-0.15, -0.1) is 0 Å². The number of nitrogens with zero attached hydrogens (tertiary/aromatic N) is 3. The number of fused-ring (bicyclic) bond motifs is 4. The van der Waals surface area contributed by atoms with Crippen molar-refractivity contribution >= 4 is 21.5 Å². The first kappa shape index (κ1) is 25.3. The quantitative estimate of drug-likeness (QED) is 0.218. The molecule has 0 N–H and O–H groups in total. The fourth-order valence-electron chi connectivity index (χ4n) is 6.78. The second kappa shape index (κ2) is 9.82. The standard InChI is InChI=1S/C41H21N3/c42-22-25-9-13-28(14-10-25)37-33-19-17-30(27-5-2-1-3-6-27)21-36(33)38(29-15-11-26(23-43)12-16-29)40-34-8-4-7-32-31(24-44)18-20-35(39(32)34)41(37)40/h1-21H. The fourth-order valence-corrected chi connectivity index (χ4v) is 6.78. The summed E-state index contributed by atoms with van der Waals surface area (Å²) < 4.78 is 0. The van der Waals surface area contributed by atoms with E-state index in [4.69, 9.17) is 0 Å². The number of benzene rings is 7. The van der Waals surface area contributed by atoms with Crippen LogP contribution in [0.3, 0.4) is 0 Å². The summed E-state index contributed by atoms with van der Waals surface area (Å²) in [6, 6.07) is 49.8. The summed E-state index contributed by atoms with van der Waals surface area (Å²) in [7, 11) is 0. The molecule has 3 nitrogen and oxygen atoms in total. The van der Waals surface area contributed by atoms with Gasteiger partial charge in [-0.1, -0.05) is 91.0 Å². The van der Waals surface area contributed by atoms with Gasteiger partial charge in [0.25, 0.3) is 0 Å². The molecule has 3 heteroatoms. The van der Waals surface area contributed by atoms with Gasteiger partial charge >= 0.3 is 0 Å². The number of nitriles is 3. The van der Waals surface area contributed by atoms with E-state index in [-0.39, 0.29) is 0 Å². The van der Waals surface area contributed by atoms with Crippen molar-refractivity contribution in [1.82, 2.24) is 0 Å². The monoisotopic (exact) mass is 555 g/mol. The molecule has 0 amide bonds. The van der Waals surface area contributed by atoms with Crippen molar-refractivity contribution in [3.8, 4) is 73.8 Å². The first-order chi connectivity index (χ1) is 21.7. The summed E-state index contributed by atoms with van der Waals surface area (Å²) in [6.45, 7) is 0. The Kier molecular flexibility index (Phi) is 5.64. The molecule has 0 aliphatic heterocycles. The Morgan fingerprint density at radius 3 is 1.57 bits per heavy atom. The minimum Gasteiger partial charge on any atom is -0.192 e. The Hall–Kier alpha value is -6.47. The molecule has 0 radical (unpaired) electrons. The molecule has 0 heterocycles. The van der Waals surface area contributed by atoms with E-state index in [1.54, 1.807) is 0 Å². The Morgan fingerprint density at radius 1 is 0.364 bits per heavy atom. The van der Waals surface area contributed by atoms with Crippen molar-refractivity contribution in [1.29, 1.82) is 15.8 Å². The maximum atomic E-state index is 10.0. The van der Waals surface area contributed by atoms with Crippen molar-refractivity contribution in [2.75, 3.05) is 0 Å². The van der Waals surface area contributed by atoms with E-state index < -0.39 is 0 Å². The molecule has 1 aliphatic rings. The van der Waals surface area contributed by atoms with Crippen LogP contribution < -0.4 is 0 Å². The first-order valence-electron chi connectivity index (χ1n) is 14.4. The van der Waals surface area contributed by atoms with Gasteiger partial charge in [0, 0.05) is 5.39 Å². The van der Waals surface area contributed by atoms with Crippen molar-refractivity contribution in [2.24, 2.45) is 0 Å². The lowest BCUT2D eigenvalue weighted by Gasteiger charge is -2.21. The maximum absolute atomic E-state index is 10.0. The minimum absolute atomic E-state index is 0.609. The van der Waals surface area contributed by atoms with Crippen LogP contribution in [0.5, 0.6) is 0 Å². The maximum Gasteiger partial charge on any atom is 0.0998 e. The second-order valence-electron chi connectivity index (χ2n) is 11.0. The van der Waals surface area contributed by atoms with Crippen molar-refractivity contribution in [3.05, 3.63) is 144 Å². The van der Waals surface area contributed by atoms with E-state index in [1.807, 2.05) is 72.8 Å². The van der Waals surface area contributed by atoms with Gasteiger partial charge in [-0.25, -0.2) is 0 Å². The van der Waals surface area contributed by atoms with Crippen molar-refractivity contribution in [3.63, 3.8) is 0 Å². The summed E-state index contributed by atoms with van der Waals surface area (Å²) in [4.78, 5) is 0. The summed E-state index contributed by atoms with van der Waals surface area (Å²) in [6.07, 6.45) is 0. The molecule has 0 saturated carbocycles. The van der Waals surface area contributed by atoms with Crippen LogP contribution in [-0.2, 0) is 0 Å². The average Bonchev–Trinajstić information content (AvgIpc) is 3.42. The number of rotatable bonds is 3. The van der Waals surface area contributed by atoms with Crippen LogP contribution >= 0.6 is 0 Å². The molecular weight excluding hydrogens is 534 g/mol. The van der Waals surface area contributed by atoms with Gasteiger partial charge in [0.05, 0.1) is 34.9 Å². The fraction of sp³-hybridized carbons (Fsp3) is 0. The molecule has 0 saturated heterocycles. The molecule has 0 fully saturated rings. The van der Waals surface area contributed by atoms with Crippen LogP contribution in [0.15, 0.2) is 127 Å². The predicted molar refractivity (Wildman–Crippen MR) is 176 cm³/mol. The molecular formula is C41H21N3. The third kappa shape index (κ3) is 3.66. The lowest BCUT2D eigenvalue weighted by Crippen LogP contribution is -1.94. The summed E-state index contributed by atoms with van der Waals surface area (Å²) in [5.74, 6) is 0. The van der Waals surface area contributed by atoms with E-state index in [0.717, 1.165) is 77.2 Å². The molecule has 0 atom stereocenters. The van der Waals surface area contributed by atoms with Gasteiger partial charge in [-0.05, 0) is 108 Å². The average molecular weight is 556 g/mol. The Labute approximate surface area is 254 Å². The van der Waals surface area contributed by atoms with Crippen LogP contribution in [0.25, 0.3) is 77.2 Å². The summed E-state index contributed by atoms with van der Waals surface area (Å²) in [5.41, 5.74) is 12.7. The molecule has 0 unspecified atom stereocenters. The van der Waals surface area contributed by atoms with Gasteiger partial charge in [0.15, 0.2) is 0 Å². The molecule has 1 aliphatic carbocycles. The Bertz CT molecular complexity index is 2430.